The number of hydrogen-bond donors (Lipinski definition) is 1. The SMILES string of the molecule is COCCn1ccc2ccc(CO)nc21. The van der Waals surface area contributed by atoms with Crippen LogP contribution in [0.4, 0.5) is 0 Å². The van der Waals surface area contributed by atoms with Crippen molar-refractivity contribution in [3.63, 3.8) is 0 Å². The summed E-state index contributed by atoms with van der Waals surface area (Å²) in [5.41, 5.74) is 1.60. The lowest BCUT2D eigenvalue weighted by molar-refractivity contribution is 0.188. The number of ether oxygens (including phenoxy) is 1. The van der Waals surface area contributed by atoms with Gasteiger partial charge in [0.1, 0.15) is 5.65 Å². The van der Waals surface area contributed by atoms with Crippen molar-refractivity contribution in [3.05, 3.63) is 30.1 Å². The Morgan fingerprint density at radius 3 is 3.00 bits per heavy atom. The normalized spacial score (nSPS) is 11.1. The minimum absolute atomic E-state index is 0.0224. The van der Waals surface area contributed by atoms with E-state index in [-0.39, 0.29) is 6.61 Å². The third kappa shape index (κ3) is 2.00. The average Bonchev–Trinajstić information content (AvgIpc) is 2.68. The zero-order chi connectivity index (χ0) is 10.7. The van der Waals surface area contributed by atoms with Crippen LogP contribution in [-0.2, 0) is 17.9 Å². The van der Waals surface area contributed by atoms with Crippen molar-refractivity contribution >= 4 is 11.0 Å². The number of hydrogen-bond acceptors (Lipinski definition) is 3. The van der Waals surface area contributed by atoms with Gasteiger partial charge >= 0.3 is 0 Å². The summed E-state index contributed by atoms with van der Waals surface area (Å²) in [5, 5.41) is 10.1. The molecule has 0 saturated carbocycles. The van der Waals surface area contributed by atoms with Gasteiger partial charge in [0.25, 0.3) is 0 Å². The summed E-state index contributed by atoms with van der Waals surface area (Å²) in [5.74, 6) is 0. The van der Waals surface area contributed by atoms with Crippen molar-refractivity contribution in [2.24, 2.45) is 0 Å². The van der Waals surface area contributed by atoms with E-state index in [9.17, 15) is 0 Å². The quantitative estimate of drug-likeness (QED) is 0.817. The van der Waals surface area contributed by atoms with Crippen LogP contribution in [0.1, 0.15) is 5.69 Å². The van der Waals surface area contributed by atoms with Crippen molar-refractivity contribution in [2.45, 2.75) is 13.2 Å². The maximum atomic E-state index is 9.01. The second-order valence-electron chi connectivity index (χ2n) is 3.38. The maximum Gasteiger partial charge on any atom is 0.140 e. The standard InChI is InChI=1S/C11H14N2O2/c1-15-7-6-13-5-4-9-2-3-10(8-14)12-11(9)13/h2-5,14H,6-8H2,1H3. The number of fused-ring (bicyclic) bond motifs is 1. The Labute approximate surface area is 88.1 Å². The number of aromatic nitrogens is 2. The van der Waals surface area contributed by atoms with E-state index in [0.29, 0.717) is 12.3 Å². The Hall–Kier alpha value is -1.39. The molecule has 0 saturated heterocycles. The lowest BCUT2D eigenvalue weighted by Gasteiger charge is -2.04. The summed E-state index contributed by atoms with van der Waals surface area (Å²) in [4.78, 5) is 4.36. The minimum Gasteiger partial charge on any atom is -0.390 e. The fourth-order valence-corrected chi connectivity index (χ4v) is 1.56. The average molecular weight is 206 g/mol. The number of rotatable bonds is 4. The smallest absolute Gasteiger partial charge is 0.140 e. The van der Waals surface area contributed by atoms with E-state index >= 15 is 0 Å². The first kappa shape index (κ1) is 10.1. The fraction of sp³-hybridized carbons (Fsp3) is 0.364. The van der Waals surface area contributed by atoms with Crippen LogP contribution in [0.5, 0.6) is 0 Å². The van der Waals surface area contributed by atoms with E-state index in [1.807, 2.05) is 29.0 Å². The third-order valence-electron chi connectivity index (χ3n) is 2.37. The molecule has 4 heteroatoms. The second-order valence-corrected chi connectivity index (χ2v) is 3.38. The van der Waals surface area contributed by atoms with Gasteiger partial charge < -0.3 is 14.4 Å². The summed E-state index contributed by atoms with van der Waals surface area (Å²) in [6.45, 7) is 1.42. The van der Waals surface area contributed by atoms with Crippen molar-refractivity contribution in [1.29, 1.82) is 0 Å². The highest BCUT2D eigenvalue weighted by Crippen LogP contribution is 2.14. The first-order chi connectivity index (χ1) is 7.35. The summed E-state index contributed by atoms with van der Waals surface area (Å²) in [6.07, 6.45) is 1.98. The van der Waals surface area contributed by atoms with Crippen LogP contribution in [0.3, 0.4) is 0 Å². The molecule has 1 N–H and O–H groups in total. The molecule has 0 spiro atoms. The Bertz CT molecular complexity index is 451. The van der Waals surface area contributed by atoms with Gasteiger partial charge in [0, 0.05) is 25.2 Å². The molecule has 0 amide bonds. The monoisotopic (exact) mass is 206 g/mol. The topological polar surface area (TPSA) is 47.3 Å². The molecule has 0 bridgehead atoms. The number of aliphatic hydroxyl groups excluding tert-OH is 1. The maximum absolute atomic E-state index is 9.01. The lowest BCUT2D eigenvalue weighted by Crippen LogP contribution is -2.04. The van der Waals surface area contributed by atoms with E-state index < -0.39 is 0 Å². The first-order valence-corrected chi connectivity index (χ1v) is 4.89. The van der Waals surface area contributed by atoms with E-state index in [2.05, 4.69) is 4.98 Å². The number of nitrogens with zero attached hydrogens (tertiary/aromatic N) is 2. The highest BCUT2D eigenvalue weighted by molar-refractivity contribution is 5.76. The molecule has 0 aliphatic heterocycles. The summed E-state index contributed by atoms with van der Waals surface area (Å²) in [7, 11) is 1.68. The minimum atomic E-state index is -0.0224. The Morgan fingerprint density at radius 2 is 2.27 bits per heavy atom. The molecule has 0 fully saturated rings. The number of aliphatic hydroxyl groups is 1. The van der Waals surface area contributed by atoms with E-state index in [4.69, 9.17) is 9.84 Å². The predicted octanol–water partition coefficient (Wildman–Crippen LogP) is 1.18. The van der Waals surface area contributed by atoms with Crippen molar-refractivity contribution in [2.75, 3.05) is 13.7 Å². The summed E-state index contributed by atoms with van der Waals surface area (Å²) >= 11 is 0. The van der Waals surface area contributed by atoms with Gasteiger partial charge in [-0.15, -0.1) is 0 Å². The largest absolute Gasteiger partial charge is 0.390 e. The molecule has 0 aliphatic rings. The molecule has 4 nitrogen and oxygen atoms in total. The van der Waals surface area contributed by atoms with Crippen molar-refractivity contribution < 1.29 is 9.84 Å². The Morgan fingerprint density at radius 1 is 1.40 bits per heavy atom. The van der Waals surface area contributed by atoms with Crippen LogP contribution in [-0.4, -0.2) is 28.4 Å². The fourth-order valence-electron chi connectivity index (χ4n) is 1.56. The zero-order valence-electron chi connectivity index (χ0n) is 8.68. The molecule has 2 heterocycles. The van der Waals surface area contributed by atoms with Crippen LogP contribution >= 0.6 is 0 Å². The van der Waals surface area contributed by atoms with Gasteiger partial charge in [-0.05, 0) is 18.2 Å². The van der Waals surface area contributed by atoms with Crippen LogP contribution < -0.4 is 0 Å². The first-order valence-electron chi connectivity index (χ1n) is 4.89. The van der Waals surface area contributed by atoms with Gasteiger partial charge in [0.15, 0.2) is 0 Å². The molecule has 2 aromatic rings. The molecule has 0 aromatic carbocycles. The van der Waals surface area contributed by atoms with Crippen LogP contribution in [0, 0.1) is 0 Å². The molecule has 2 rings (SSSR count). The zero-order valence-corrected chi connectivity index (χ0v) is 8.68. The molecule has 0 radical (unpaired) electrons. The van der Waals surface area contributed by atoms with Gasteiger partial charge in [-0.25, -0.2) is 4.98 Å². The van der Waals surface area contributed by atoms with Gasteiger partial charge in [-0.1, -0.05) is 0 Å². The van der Waals surface area contributed by atoms with Gasteiger partial charge in [0.2, 0.25) is 0 Å². The van der Waals surface area contributed by atoms with E-state index in [1.54, 1.807) is 7.11 Å². The summed E-state index contributed by atoms with van der Waals surface area (Å²) in [6, 6.07) is 5.82. The van der Waals surface area contributed by atoms with Gasteiger partial charge in [0.05, 0.1) is 18.9 Å². The van der Waals surface area contributed by atoms with Crippen molar-refractivity contribution in [3.8, 4) is 0 Å². The highest BCUT2D eigenvalue weighted by atomic mass is 16.5. The molecule has 0 atom stereocenters. The number of pyridine rings is 1. The molecule has 0 unspecified atom stereocenters. The van der Waals surface area contributed by atoms with Gasteiger partial charge in [-0.3, -0.25) is 0 Å². The summed E-state index contributed by atoms with van der Waals surface area (Å²) < 4.78 is 7.05. The molecular formula is C11H14N2O2. The highest BCUT2D eigenvalue weighted by Gasteiger charge is 2.03. The third-order valence-corrected chi connectivity index (χ3v) is 2.37. The van der Waals surface area contributed by atoms with E-state index in [1.165, 1.54) is 0 Å². The van der Waals surface area contributed by atoms with Crippen LogP contribution in [0.25, 0.3) is 11.0 Å². The molecule has 2 aromatic heterocycles. The lowest BCUT2D eigenvalue weighted by atomic mass is 10.3. The van der Waals surface area contributed by atoms with Crippen LogP contribution in [0.2, 0.25) is 0 Å². The molecule has 15 heavy (non-hydrogen) atoms. The second kappa shape index (κ2) is 4.42. The van der Waals surface area contributed by atoms with Crippen molar-refractivity contribution in [1.82, 2.24) is 9.55 Å². The molecule has 80 valence electrons. The molecular weight excluding hydrogens is 192 g/mol. The molecule has 0 aliphatic carbocycles. The van der Waals surface area contributed by atoms with Crippen LogP contribution in [0.15, 0.2) is 24.4 Å². The Balaban J connectivity index is 2.38. The number of methoxy groups -OCH3 is 1. The van der Waals surface area contributed by atoms with E-state index in [0.717, 1.165) is 17.6 Å². The van der Waals surface area contributed by atoms with Gasteiger partial charge in [-0.2, -0.15) is 0 Å². The Kier molecular flexibility index (Phi) is 2.99. The predicted molar refractivity (Wildman–Crippen MR) is 57.5 cm³/mol.